The second kappa shape index (κ2) is 9.08. The maximum Gasteiger partial charge on any atom is 0.410 e. The molecule has 3 rings (SSSR count). The van der Waals surface area contributed by atoms with E-state index in [1.165, 1.54) is 0 Å². The molecule has 2 aromatic rings. The van der Waals surface area contributed by atoms with Crippen LogP contribution in [-0.2, 0) is 11.2 Å². The zero-order chi connectivity index (χ0) is 24.6. The molecule has 1 fully saturated rings. The predicted octanol–water partition coefficient (Wildman–Crippen LogP) is 4.20. The molecule has 1 aliphatic heterocycles. The van der Waals surface area contributed by atoms with Crippen molar-refractivity contribution in [3.63, 3.8) is 0 Å². The van der Waals surface area contributed by atoms with E-state index in [2.05, 4.69) is 34.9 Å². The van der Waals surface area contributed by atoms with Crippen LogP contribution in [-0.4, -0.2) is 62.0 Å². The summed E-state index contributed by atoms with van der Waals surface area (Å²) in [4.78, 5) is 21.6. The normalized spacial score (nSPS) is 19.5. The number of nitrogens with zero attached hydrogens (tertiary/aromatic N) is 6. The highest BCUT2D eigenvalue weighted by Crippen LogP contribution is 2.30. The van der Waals surface area contributed by atoms with Gasteiger partial charge in [0.1, 0.15) is 17.0 Å². The molecule has 0 bridgehead atoms. The molecule has 1 aliphatic rings. The number of rotatable bonds is 4. The van der Waals surface area contributed by atoms with Crippen LogP contribution < -0.4 is 9.64 Å². The first-order valence-electron chi connectivity index (χ1n) is 11.5. The van der Waals surface area contributed by atoms with Gasteiger partial charge in [0.25, 0.3) is 0 Å². The minimum absolute atomic E-state index is 0.0111. The van der Waals surface area contributed by atoms with Crippen molar-refractivity contribution in [2.24, 2.45) is 0 Å². The van der Waals surface area contributed by atoms with Crippen molar-refractivity contribution >= 4 is 17.6 Å². The van der Waals surface area contributed by atoms with E-state index in [1.807, 2.05) is 58.6 Å². The lowest BCUT2D eigenvalue weighted by Gasteiger charge is -2.46. The summed E-state index contributed by atoms with van der Waals surface area (Å²) in [6.45, 7) is 16.9. The van der Waals surface area contributed by atoms with E-state index in [4.69, 9.17) is 14.7 Å². The summed E-state index contributed by atoms with van der Waals surface area (Å²) >= 11 is 0. The molecule has 0 unspecified atom stereocenters. The monoisotopic (exact) mass is 456 g/mol. The summed E-state index contributed by atoms with van der Waals surface area (Å²) in [5, 5.41) is 13.8. The van der Waals surface area contributed by atoms with Gasteiger partial charge in [-0.15, -0.1) is 0 Å². The summed E-state index contributed by atoms with van der Waals surface area (Å²) in [6, 6.07) is 5.87. The lowest BCUT2D eigenvalue weighted by atomic mass is 10.1. The van der Waals surface area contributed by atoms with E-state index >= 15 is 0 Å². The first kappa shape index (κ1) is 24.6. The molecule has 9 nitrogen and oxygen atoms in total. The van der Waals surface area contributed by atoms with Crippen molar-refractivity contribution in [1.82, 2.24) is 19.5 Å². The number of carbonyl (C=O) groups is 1. The van der Waals surface area contributed by atoms with E-state index < -0.39 is 11.2 Å². The van der Waals surface area contributed by atoms with Crippen LogP contribution in [0.2, 0.25) is 0 Å². The smallest absolute Gasteiger partial charge is 0.410 e. The van der Waals surface area contributed by atoms with E-state index in [0.717, 1.165) is 12.2 Å². The molecule has 9 heteroatoms. The second-order valence-corrected chi connectivity index (χ2v) is 10.6. The standard InChI is InChI=1S/C24H36N6O3/c1-9-18-15-28(16(2)14-29(18)22(31)33-24(6,7)8)21-13-20(32-23(3,4)5)26-19-12-17(10-11-25)27-30(19)21/h12-13,16,18H,9-10,14-15H2,1-8H3/t16-,18+/m0/s1. The Labute approximate surface area is 196 Å². The zero-order valence-electron chi connectivity index (χ0n) is 21.0. The van der Waals surface area contributed by atoms with Crippen molar-refractivity contribution in [1.29, 1.82) is 5.26 Å². The number of nitriles is 1. The zero-order valence-corrected chi connectivity index (χ0v) is 21.0. The van der Waals surface area contributed by atoms with Gasteiger partial charge in [0.15, 0.2) is 5.65 Å². The van der Waals surface area contributed by atoms with E-state index in [9.17, 15) is 4.79 Å². The molecule has 0 N–H and O–H groups in total. The summed E-state index contributed by atoms with van der Waals surface area (Å²) < 4.78 is 13.5. The van der Waals surface area contributed by atoms with Crippen LogP contribution in [0, 0.1) is 11.3 Å². The molecular formula is C24H36N6O3. The van der Waals surface area contributed by atoms with Crippen molar-refractivity contribution in [2.45, 2.75) is 91.5 Å². The van der Waals surface area contributed by atoms with Gasteiger partial charge in [0.2, 0.25) is 5.88 Å². The topological polar surface area (TPSA) is 96.0 Å². The molecule has 0 aromatic carbocycles. The quantitative estimate of drug-likeness (QED) is 0.680. The van der Waals surface area contributed by atoms with Crippen LogP contribution >= 0.6 is 0 Å². The maximum absolute atomic E-state index is 12.9. The maximum atomic E-state index is 12.9. The van der Waals surface area contributed by atoms with Crippen LogP contribution in [0.3, 0.4) is 0 Å². The second-order valence-electron chi connectivity index (χ2n) is 10.6. The average Bonchev–Trinajstić information content (AvgIpc) is 3.07. The number of anilines is 1. The summed E-state index contributed by atoms with van der Waals surface area (Å²) in [5.74, 6) is 1.33. The first-order chi connectivity index (χ1) is 15.3. The molecule has 0 saturated carbocycles. The van der Waals surface area contributed by atoms with Gasteiger partial charge in [0.05, 0.1) is 24.2 Å². The van der Waals surface area contributed by atoms with Gasteiger partial charge in [-0.05, 0) is 54.9 Å². The minimum Gasteiger partial charge on any atom is -0.472 e. The number of carbonyl (C=O) groups excluding carboxylic acids is 1. The molecular weight excluding hydrogens is 420 g/mol. The van der Waals surface area contributed by atoms with Gasteiger partial charge in [0, 0.05) is 31.3 Å². The van der Waals surface area contributed by atoms with Crippen molar-refractivity contribution in [3.05, 3.63) is 17.8 Å². The Morgan fingerprint density at radius 1 is 1.18 bits per heavy atom. The molecule has 0 aliphatic carbocycles. The Balaban J connectivity index is 2.00. The van der Waals surface area contributed by atoms with Crippen molar-refractivity contribution < 1.29 is 14.3 Å². The fourth-order valence-corrected chi connectivity index (χ4v) is 3.97. The van der Waals surface area contributed by atoms with Crippen LogP contribution in [0.25, 0.3) is 5.65 Å². The van der Waals surface area contributed by atoms with Crippen molar-refractivity contribution in [2.75, 3.05) is 18.0 Å². The molecule has 0 spiro atoms. The molecule has 0 radical (unpaired) electrons. The third kappa shape index (κ3) is 5.86. The third-order valence-electron chi connectivity index (χ3n) is 5.34. The van der Waals surface area contributed by atoms with Crippen LogP contribution in [0.4, 0.5) is 10.6 Å². The van der Waals surface area contributed by atoms with Crippen LogP contribution in [0.15, 0.2) is 12.1 Å². The van der Waals surface area contributed by atoms with E-state index in [1.54, 1.807) is 4.52 Å². The molecule has 2 aromatic heterocycles. The van der Waals surface area contributed by atoms with Gasteiger partial charge in [-0.2, -0.15) is 19.9 Å². The Hall–Kier alpha value is -3.02. The third-order valence-corrected chi connectivity index (χ3v) is 5.34. The number of hydrogen-bond donors (Lipinski definition) is 0. The number of aromatic nitrogens is 3. The minimum atomic E-state index is -0.543. The highest BCUT2D eigenvalue weighted by molar-refractivity contribution is 5.69. The molecule has 180 valence electrons. The summed E-state index contributed by atoms with van der Waals surface area (Å²) in [6.07, 6.45) is 0.714. The van der Waals surface area contributed by atoms with Crippen LogP contribution in [0.1, 0.15) is 67.5 Å². The Bertz CT molecular complexity index is 1040. The summed E-state index contributed by atoms with van der Waals surface area (Å²) in [7, 11) is 0. The lowest BCUT2D eigenvalue weighted by Crippen LogP contribution is -2.60. The van der Waals surface area contributed by atoms with Gasteiger partial charge in [-0.3, -0.25) is 0 Å². The molecule has 2 atom stereocenters. The largest absolute Gasteiger partial charge is 0.472 e. The number of hydrogen-bond acceptors (Lipinski definition) is 7. The van der Waals surface area contributed by atoms with E-state index in [0.29, 0.717) is 30.3 Å². The first-order valence-corrected chi connectivity index (χ1v) is 11.5. The summed E-state index contributed by atoms with van der Waals surface area (Å²) in [5.41, 5.74) is 0.335. The predicted molar refractivity (Wildman–Crippen MR) is 127 cm³/mol. The number of fused-ring (bicyclic) bond motifs is 1. The van der Waals surface area contributed by atoms with Gasteiger partial charge < -0.3 is 19.3 Å². The van der Waals surface area contributed by atoms with Crippen molar-refractivity contribution in [3.8, 4) is 11.9 Å². The Morgan fingerprint density at radius 3 is 2.45 bits per heavy atom. The molecule has 1 saturated heterocycles. The molecule has 3 heterocycles. The highest BCUT2D eigenvalue weighted by atomic mass is 16.6. The highest BCUT2D eigenvalue weighted by Gasteiger charge is 2.37. The molecule has 33 heavy (non-hydrogen) atoms. The Kier molecular flexibility index (Phi) is 6.78. The SMILES string of the molecule is CC[C@@H]1CN(c2cc(OC(C)(C)C)nc3cc(CC#N)nn23)[C@@H](C)CN1C(=O)OC(C)(C)C. The lowest BCUT2D eigenvalue weighted by molar-refractivity contribution is 0.0105. The number of piperazine rings is 1. The van der Waals surface area contributed by atoms with Gasteiger partial charge >= 0.3 is 6.09 Å². The Morgan fingerprint density at radius 2 is 1.88 bits per heavy atom. The van der Waals surface area contributed by atoms with Gasteiger partial charge in [-0.1, -0.05) is 6.92 Å². The fourth-order valence-electron chi connectivity index (χ4n) is 3.97. The molecule has 1 amide bonds. The fraction of sp³-hybridized carbons (Fsp3) is 0.667. The number of amides is 1. The average molecular weight is 457 g/mol. The number of ether oxygens (including phenoxy) is 2. The van der Waals surface area contributed by atoms with Gasteiger partial charge in [-0.25, -0.2) is 4.79 Å². The van der Waals surface area contributed by atoms with E-state index in [-0.39, 0.29) is 24.6 Å². The van der Waals surface area contributed by atoms with Crippen LogP contribution in [0.5, 0.6) is 5.88 Å².